The number of benzene rings is 1. The van der Waals surface area contributed by atoms with Gasteiger partial charge in [0.1, 0.15) is 12.1 Å². The van der Waals surface area contributed by atoms with Crippen LogP contribution >= 0.6 is 0 Å². The van der Waals surface area contributed by atoms with E-state index in [-0.39, 0.29) is 24.4 Å². The highest BCUT2D eigenvalue weighted by Gasteiger charge is 2.27. The standard InChI is InChI=1S/C19H21FN4O2/c1-11(2)26-17-5-13-15(6-14(17)20)23-19(13)16-7-18(22-10-21-16)24-4-3-12(8-24)9-25/h5-7,10-12,25H,3-4,8-9H2,1-2H3. The lowest BCUT2D eigenvalue weighted by atomic mass is 9.98. The molecule has 7 heteroatoms. The molecule has 2 aliphatic rings. The quantitative estimate of drug-likeness (QED) is 0.761. The maximum atomic E-state index is 14.0. The molecule has 0 aliphatic carbocycles. The number of ether oxygens (including phenoxy) is 1. The van der Waals surface area contributed by atoms with Gasteiger partial charge in [-0.3, -0.25) is 0 Å². The van der Waals surface area contributed by atoms with Crippen molar-refractivity contribution in [1.82, 2.24) is 9.97 Å². The zero-order valence-corrected chi connectivity index (χ0v) is 14.8. The lowest BCUT2D eigenvalue weighted by Gasteiger charge is -2.22. The Balaban J connectivity index is 1.59. The van der Waals surface area contributed by atoms with Crippen LogP contribution in [0.4, 0.5) is 15.9 Å². The Bertz CT molecular complexity index is 869. The monoisotopic (exact) mass is 356 g/mol. The molecule has 1 saturated heterocycles. The SMILES string of the molecule is CC(C)Oc1cc2c(cc1F)N=C2c1cc(N2CCC(CO)C2)ncn1. The zero-order valence-electron chi connectivity index (χ0n) is 14.8. The van der Waals surface area contributed by atoms with Crippen LogP contribution in [0, 0.1) is 11.7 Å². The molecule has 0 radical (unpaired) electrons. The first kappa shape index (κ1) is 16.9. The highest BCUT2D eigenvalue weighted by atomic mass is 19.1. The van der Waals surface area contributed by atoms with Crippen molar-refractivity contribution < 1.29 is 14.2 Å². The number of hydrogen-bond acceptors (Lipinski definition) is 6. The number of aromatic nitrogens is 2. The molecule has 0 bridgehead atoms. The minimum Gasteiger partial charge on any atom is -0.488 e. The summed E-state index contributed by atoms with van der Waals surface area (Å²) in [7, 11) is 0. The highest BCUT2D eigenvalue weighted by Crippen LogP contribution is 2.37. The minimum absolute atomic E-state index is 0.108. The summed E-state index contributed by atoms with van der Waals surface area (Å²) in [5.74, 6) is 0.929. The van der Waals surface area contributed by atoms with E-state index >= 15 is 0 Å². The van der Waals surface area contributed by atoms with E-state index in [1.54, 1.807) is 6.07 Å². The van der Waals surface area contributed by atoms with Crippen molar-refractivity contribution >= 4 is 17.2 Å². The Kier molecular flexibility index (Phi) is 4.32. The molecule has 1 aromatic carbocycles. The smallest absolute Gasteiger partial charge is 0.167 e. The van der Waals surface area contributed by atoms with Crippen molar-refractivity contribution in [2.24, 2.45) is 10.9 Å². The van der Waals surface area contributed by atoms with Crippen LogP contribution in [0.3, 0.4) is 0 Å². The van der Waals surface area contributed by atoms with E-state index < -0.39 is 5.82 Å². The molecule has 2 aromatic rings. The predicted molar refractivity (Wildman–Crippen MR) is 96.9 cm³/mol. The molecule has 1 aromatic heterocycles. The number of nitrogens with zero attached hydrogens (tertiary/aromatic N) is 4. The normalized spacial score (nSPS) is 18.6. The van der Waals surface area contributed by atoms with Crippen molar-refractivity contribution in [3.8, 4) is 5.75 Å². The molecule has 1 atom stereocenters. The number of halogens is 1. The molecule has 6 nitrogen and oxygen atoms in total. The van der Waals surface area contributed by atoms with Crippen LogP contribution in [0.25, 0.3) is 0 Å². The fourth-order valence-electron chi connectivity index (χ4n) is 3.33. The van der Waals surface area contributed by atoms with Gasteiger partial charge in [-0.05, 0) is 26.3 Å². The van der Waals surface area contributed by atoms with Crippen molar-refractivity contribution in [3.63, 3.8) is 0 Å². The molecular weight excluding hydrogens is 335 g/mol. The van der Waals surface area contributed by atoms with Gasteiger partial charge < -0.3 is 14.7 Å². The molecule has 0 spiro atoms. The molecule has 136 valence electrons. The van der Waals surface area contributed by atoms with Gasteiger partial charge in [0.05, 0.1) is 23.2 Å². The van der Waals surface area contributed by atoms with E-state index in [1.165, 1.54) is 12.4 Å². The van der Waals surface area contributed by atoms with Crippen LogP contribution < -0.4 is 9.64 Å². The molecule has 3 heterocycles. The summed E-state index contributed by atoms with van der Waals surface area (Å²) in [5.41, 5.74) is 2.86. The first-order valence-corrected chi connectivity index (χ1v) is 8.82. The van der Waals surface area contributed by atoms with E-state index in [0.29, 0.717) is 11.4 Å². The topological polar surface area (TPSA) is 70.8 Å². The second-order valence-corrected chi connectivity index (χ2v) is 6.97. The number of fused-ring (bicyclic) bond motifs is 1. The van der Waals surface area contributed by atoms with E-state index in [1.807, 2.05) is 19.9 Å². The number of anilines is 1. The van der Waals surface area contributed by atoms with Crippen molar-refractivity contribution in [1.29, 1.82) is 0 Å². The Morgan fingerprint density at radius 2 is 2.15 bits per heavy atom. The second-order valence-electron chi connectivity index (χ2n) is 6.97. The lowest BCUT2D eigenvalue weighted by molar-refractivity contribution is 0.231. The summed E-state index contributed by atoms with van der Waals surface area (Å²) >= 11 is 0. The molecule has 0 amide bonds. The fourth-order valence-corrected chi connectivity index (χ4v) is 3.33. The van der Waals surface area contributed by atoms with Gasteiger partial charge in [0, 0.05) is 43.3 Å². The number of rotatable bonds is 5. The van der Waals surface area contributed by atoms with Crippen LogP contribution in [0.15, 0.2) is 29.5 Å². The summed E-state index contributed by atoms with van der Waals surface area (Å²) in [6.07, 6.45) is 2.37. The average Bonchev–Trinajstić information content (AvgIpc) is 3.09. The summed E-state index contributed by atoms with van der Waals surface area (Å²) in [6, 6.07) is 4.98. The third kappa shape index (κ3) is 3.03. The molecule has 2 aliphatic heterocycles. The van der Waals surface area contributed by atoms with Gasteiger partial charge in [-0.25, -0.2) is 19.4 Å². The van der Waals surface area contributed by atoms with Crippen LogP contribution in [-0.4, -0.2) is 46.6 Å². The maximum absolute atomic E-state index is 14.0. The molecule has 26 heavy (non-hydrogen) atoms. The van der Waals surface area contributed by atoms with Crippen molar-refractivity contribution in [2.45, 2.75) is 26.4 Å². The number of aliphatic hydroxyl groups excluding tert-OH is 1. The highest BCUT2D eigenvalue weighted by molar-refractivity contribution is 6.21. The summed E-state index contributed by atoms with van der Waals surface area (Å²) in [6.45, 7) is 5.56. The molecule has 1 fully saturated rings. The first-order valence-electron chi connectivity index (χ1n) is 8.82. The third-order valence-electron chi connectivity index (χ3n) is 4.66. The Morgan fingerprint density at radius 3 is 2.88 bits per heavy atom. The van der Waals surface area contributed by atoms with Crippen LogP contribution in [-0.2, 0) is 0 Å². The number of aliphatic imine (C=N–C) groups is 1. The molecule has 1 unspecified atom stereocenters. The molecule has 4 rings (SSSR count). The van der Waals surface area contributed by atoms with E-state index in [0.717, 1.165) is 36.6 Å². The van der Waals surface area contributed by atoms with Gasteiger partial charge in [0.15, 0.2) is 11.6 Å². The minimum atomic E-state index is -0.407. The van der Waals surface area contributed by atoms with Gasteiger partial charge in [-0.1, -0.05) is 0 Å². The van der Waals surface area contributed by atoms with E-state index in [4.69, 9.17) is 4.74 Å². The lowest BCUT2D eigenvalue weighted by Crippen LogP contribution is -2.23. The Labute approximate surface area is 151 Å². The van der Waals surface area contributed by atoms with Gasteiger partial charge in [-0.15, -0.1) is 0 Å². The summed E-state index contributed by atoms with van der Waals surface area (Å²) in [5, 5.41) is 9.32. The van der Waals surface area contributed by atoms with Crippen LogP contribution in [0.1, 0.15) is 31.5 Å². The Hall–Kier alpha value is -2.54. The van der Waals surface area contributed by atoms with Crippen LogP contribution in [0.5, 0.6) is 5.75 Å². The first-order chi connectivity index (χ1) is 12.5. The van der Waals surface area contributed by atoms with Crippen LogP contribution in [0.2, 0.25) is 0 Å². The van der Waals surface area contributed by atoms with Gasteiger partial charge in [0.2, 0.25) is 0 Å². The zero-order chi connectivity index (χ0) is 18.3. The molecule has 0 saturated carbocycles. The fraction of sp³-hybridized carbons (Fsp3) is 0.421. The largest absolute Gasteiger partial charge is 0.488 e. The van der Waals surface area contributed by atoms with E-state index in [2.05, 4.69) is 19.9 Å². The van der Waals surface area contributed by atoms with E-state index in [9.17, 15) is 9.50 Å². The number of aliphatic hydroxyl groups is 1. The number of hydrogen-bond donors (Lipinski definition) is 1. The van der Waals surface area contributed by atoms with Gasteiger partial charge in [0.25, 0.3) is 0 Å². The second kappa shape index (κ2) is 6.64. The summed E-state index contributed by atoms with van der Waals surface area (Å²) < 4.78 is 19.6. The van der Waals surface area contributed by atoms with Gasteiger partial charge >= 0.3 is 0 Å². The average molecular weight is 356 g/mol. The van der Waals surface area contributed by atoms with Crippen molar-refractivity contribution in [3.05, 3.63) is 41.6 Å². The molecule has 1 N–H and O–H groups in total. The van der Waals surface area contributed by atoms with Gasteiger partial charge in [-0.2, -0.15) is 0 Å². The molecular formula is C19H21FN4O2. The Morgan fingerprint density at radius 1 is 1.31 bits per heavy atom. The van der Waals surface area contributed by atoms with Crippen molar-refractivity contribution in [2.75, 3.05) is 24.6 Å². The predicted octanol–water partition coefficient (Wildman–Crippen LogP) is 2.70. The summed E-state index contributed by atoms with van der Waals surface area (Å²) in [4.78, 5) is 15.2. The maximum Gasteiger partial charge on any atom is 0.167 e. The third-order valence-corrected chi connectivity index (χ3v) is 4.66.